The van der Waals surface area contributed by atoms with Gasteiger partial charge in [-0.15, -0.1) is 0 Å². The maximum absolute atomic E-state index is 12.0. The van der Waals surface area contributed by atoms with Crippen molar-refractivity contribution in [3.63, 3.8) is 0 Å². The minimum Gasteiger partial charge on any atom is -0.465 e. The van der Waals surface area contributed by atoms with Crippen LogP contribution in [0.25, 0.3) is 11.4 Å². The van der Waals surface area contributed by atoms with Crippen LogP contribution < -0.4 is 5.32 Å². The highest BCUT2D eigenvalue weighted by Gasteiger charge is 2.11. The first kappa shape index (κ1) is 17.3. The summed E-state index contributed by atoms with van der Waals surface area (Å²) in [4.78, 5) is 27.7. The number of rotatable bonds is 6. The normalized spacial score (nSPS) is 10.3. The van der Waals surface area contributed by atoms with Crippen LogP contribution in [0.4, 0.5) is 5.69 Å². The molecule has 1 N–H and O–H groups in total. The van der Waals surface area contributed by atoms with Crippen molar-refractivity contribution in [3.8, 4) is 11.4 Å². The second kappa shape index (κ2) is 8.06. The summed E-state index contributed by atoms with van der Waals surface area (Å²) in [5.74, 6) is 0.295. The molecule has 0 spiro atoms. The Morgan fingerprint density at radius 2 is 1.81 bits per heavy atom. The number of anilines is 1. The van der Waals surface area contributed by atoms with E-state index in [-0.39, 0.29) is 12.3 Å². The van der Waals surface area contributed by atoms with E-state index in [0.29, 0.717) is 29.4 Å². The first-order valence-corrected chi connectivity index (χ1v) is 8.02. The van der Waals surface area contributed by atoms with Crippen LogP contribution in [-0.2, 0) is 16.0 Å². The first-order valence-electron chi connectivity index (χ1n) is 8.02. The highest BCUT2D eigenvalue weighted by molar-refractivity contribution is 5.93. The zero-order valence-electron chi connectivity index (χ0n) is 14.1. The van der Waals surface area contributed by atoms with Crippen LogP contribution in [0.15, 0.2) is 59.1 Å². The molecular formula is C19H17N3O4. The minimum atomic E-state index is -0.423. The number of carbonyl (C=O) groups excluding carboxylic acids is 2. The molecule has 0 aliphatic heterocycles. The maximum atomic E-state index is 12.0. The molecule has 0 saturated carbocycles. The number of carbonyl (C=O) groups is 2. The lowest BCUT2D eigenvalue weighted by molar-refractivity contribution is -0.116. The summed E-state index contributed by atoms with van der Waals surface area (Å²) in [6.07, 6.45) is 0.543. The van der Waals surface area contributed by atoms with Crippen molar-refractivity contribution in [3.05, 3.63) is 66.1 Å². The van der Waals surface area contributed by atoms with E-state index in [9.17, 15) is 9.59 Å². The van der Waals surface area contributed by atoms with Crippen LogP contribution >= 0.6 is 0 Å². The van der Waals surface area contributed by atoms with Gasteiger partial charge in [-0.3, -0.25) is 4.79 Å². The predicted molar refractivity (Wildman–Crippen MR) is 94.5 cm³/mol. The van der Waals surface area contributed by atoms with Gasteiger partial charge in [-0.05, 0) is 24.3 Å². The van der Waals surface area contributed by atoms with Crippen LogP contribution in [0, 0.1) is 0 Å². The maximum Gasteiger partial charge on any atom is 0.337 e. The number of esters is 1. The van der Waals surface area contributed by atoms with Gasteiger partial charge in [0.05, 0.1) is 12.7 Å². The molecule has 0 aliphatic carbocycles. The zero-order chi connectivity index (χ0) is 18.4. The SMILES string of the molecule is COC(=O)c1ccc(NC(=O)CCc2nc(-c3ccccc3)no2)cc1. The Balaban J connectivity index is 1.53. The molecule has 26 heavy (non-hydrogen) atoms. The van der Waals surface area contributed by atoms with Crippen molar-refractivity contribution in [2.45, 2.75) is 12.8 Å². The third kappa shape index (κ3) is 4.32. The average molecular weight is 351 g/mol. The van der Waals surface area contributed by atoms with Crippen molar-refractivity contribution in [1.82, 2.24) is 10.1 Å². The van der Waals surface area contributed by atoms with E-state index >= 15 is 0 Å². The lowest BCUT2D eigenvalue weighted by Gasteiger charge is -2.05. The number of ether oxygens (including phenoxy) is 1. The third-order valence-corrected chi connectivity index (χ3v) is 3.66. The number of hydrogen-bond acceptors (Lipinski definition) is 6. The van der Waals surface area contributed by atoms with Crippen molar-refractivity contribution in [2.24, 2.45) is 0 Å². The van der Waals surface area contributed by atoms with Gasteiger partial charge in [0.15, 0.2) is 0 Å². The van der Waals surface area contributed by atoms with Gasteiger partial charge in [0, 0.05) is 24.1 Å². The number of hydrogen-bond donors (Lipinski definition) is 1. The molecular weight excluding hydrogens is 334 g/mol. The van der Waals surface area contributed by atoms with E-state index in [0.717, 1.165) is 5.56 Å². The Bertz CT molecular complexity index is 889. The summed E-state index contributed by atoms with van der Waals surface area (Å²) < 4.78 is 9.81. The predicted octanol–water partition coefficient (Wildman–Crippen LogP) is 3.09. The molecule has 0 aliphatic rings. The van der Waals surface area contributed by atoms with Crippen LogP contribution in [-0.4, -0.2) is 29.1 Å². The second-order valence-corrected chi connectivity index (χ2v) is 5.49. The summed E-state index contributed by atoms with van der Waals surface area (Å²) in [6, 6.07) is 15.9. The second-order valence-electron chi connectivity index (χ2n) is 5.49. The summed E-state index contributed by atoms with van der Waals surface area (Å²) in [6.45, 7) is 0. The molecule has 3 aromatic rings. The summed E-state index contributed by atoms with van der Waals surface area (Å²) >= 11 is 0. The summed E-state index contributed by atoms with van der Waals surface area (Å²) in [5, 5.41) is 6.67. The standard InChI is InChI=1S/C19H17N3O4/c1-25-19(24)14-7-9-15(10-8-14)20-16(23)11-12-17-21-18(22-26-17)13-5-3-2-4-6-13/h2-10H,11-12H2,1H3,(H,20,23). The molecule has 1 aromatic heterocycles. The molecule has 1 heterocycles. The third-order valence-electron chi connectivity index (χ3n) is 3.66. The number of methoxy groups -OCH3 is 1. The van der Waals surface area contributed by atoms with Crippen molar-refractivity contribution in [2.75, 3.05) is 12.4 Å². The number of nitrogens with zero attached hydrogens (tertiary/aromatic N) is 2. The molecule has 2 aromatic carbocycles. The van der Waals surface area contributed by atoms with Crippen LogP contribution in [0.3, 0.4) is 0 Å². The van der Waals surface area contributed by atoms with Gasteiger partial charge in [-0.1, -0.05) is 35.5 Å². The van der Waals surface area contributed by atoms with Gasteiger partial charge in [0.1, 0.15) is 0 Å². The molecule has 0 bridgehead atoms. The van der Waals surface area contributed by atoms with Gasteiger partial charge in [0.25, 0.3) is 0 Å². The number of aromatic nitrogens is 2. The molecule has 3 rings (SSSR count). The molecule has 0 atom stereocenters. The van der Waals surface area contributed by atoms with E-state index in [4.69, 9.17) is 4.52 Å². The molecule has 0 fully saturated rings. The summed E-state index contributed by atoms with van der Waals surface area (Å²) in [7, 11) is 1.32. The van der Waals surface area contributed by atoms with Gasteiger partial charge >= 0.3 is 5.97 Å². The van der Waals surface area contributed by atoms with Gasteiger partial charge in [-0.25, -0.2) is 4.79 Å². The zero-order valence-corrected chi connectivity index (χ0v) is 14.1. The monoisotopic (exact) mass is 351 g/mol. The van der Waals surface area contributed by atoms with Crippen LogP contribution in [0.5, 0.6) is 0 Å². The van der Waals surface area contributed by atoms with Gasteiger partial charge in [0.2, 0.25) is 17.6 Å². The molecule has 0 saturated heterocycles. The van der Waals surface area contributed by atoms with E-state index in [1.165, 1.54) is 7.11 Å². The Kier molecular flexibility index (Phi) is 5.38. The quantitative estimate of drug-likeness (QED) is 0.686. The van der Waals surface area contributed by atoms with Gasteiger partial charge < -0.3 is 14.6 Å². The highest BCUT2D eigenvalue weighted by atomic mass is 16.5. The van der Waals surface area contributed by atoms with E-state index in [2.05, 4.69) is 20.2 Å². The van der Waals surface area contributed by atoms with Crippen molar-refractivity contribution >= 4 is 17.6 Å². The number of aryl methyl sites for hydroxylation is 1. The Hall–Kier alpha value is -3.48. The van der Waals surface area contributed by atoms with Crippen molar-refractivity contribution in [1.29, 1.82) is 0 Å². The molecule has 0 radical (unpaired) electrons. The minimum absolute atomic E-state index is 0.185. The first-order chi connectivity index (χ1) is 12.7. The fourth-order valence-electron chi connectivity index (χ4n) is 2.31. The topological polar surface area (TPSA) is 94.3 Å². The lowest BCUT2D eigenvalue weighted by atomic mass is 10.2. The Morgan fingerprint density at radius 1 is 1.08 bits per heavy atom. The van der Waals surface area contributed by atoms with Crippen molar-refractivity contribution < 1.29 is 18.8 Å². The largest absolute Gasteiger partial charge is 0.465 e. The fourth-order valence-corrected chi connectivity index (χ4v) is 2.31. The molecule has 0 unspecified atom stereocenters. The molecule has 132 valence electrons. The number of amides is 1. The smallest absolute Gasteiger partial charge is 0.337 e. The molecule has 7 heteroatoms. The van der Waals surface area contributed by atoms with E-state index in [1.54, 1.807) is 24.3 Å². The van der Waals surface area contributed by atoms with Crippen LogP contribution in [0.1, 0.15) is 22.7 Å². The number of nitrogens with one attached hydrogen (secondary N) is 1. The Labute approximate surface area is 150 Å². The Morgan fingerprint density at radius 3 is 2.50 bits per heavy atom. The van der Waals surface area contributed by atoms with Crippen LogP contribution in [0.2, 0.25) is 0 Å². The molecule has 7 nitrogen and oxygen atoms in total. The van der Waals surface area contributed by atoms with E-state index < -0.39 is 5.97 Å². The number of benzene rings is 2. The average Bonchev–Trinajstić information content (AvgIpc) is 3.16. The fraction of sp³-hybridized carbons (Fsp3) is 0.158. The molecule has 1 amide bonds. The van der Waals surface area contributed by atoms with Gasteiger partial charge in [-0.2, -0.15) is 4.98 Å². The highest BCUT2D eigenvalue weighted by Crippen LogP contribution is 2.16. The lowest BCUT2D eigenvalue weighted by Crippen LogP contribution is -2.12. The van der Waals surface area contributed by atoms with E-state index in [1.807, 2.05) is 30.3 Å². The summed E-state index contributed by atoms with van der Waals surface area (Å²) in [5.41, 5.74) is 1.88.